The number of aromatic nitrogens is 2. The molecule has 1 heterocycles. The van der Waals surface area contributed by atoms with Crippen molar-refractivity contribution in [3.8, 4) is 0 Å². The highest BCUT2D eigenvalue weighted by Gasteiger charge is 2.37. The fourth-order valence-corrected chi connectivity index (χ4v) is 4.69. The molecule has 4 amide bonds. The average Bonchev–Trinajstić information content (AvgIpc) is 3.52. The predicted octanol–water partition coefficient (Wildman–Crippen LogP) is -1.76. The van der Waals surface area contributed by atoms with Gasteiger partial charge in [-0.15, -0.1) is 0 Å². The van der Waals surface area contributed by atoms with E-state index in [1.807, 2.05) is 0 Å². The Kier molecular flexibility index (Phi) is 15.5. The average molecular weight is 693 g/mol. The quantitative estimate of drug-likeness (QED) is 0.0342. The molecular weight excluding hydrogens is 649 g/mol. The second kappa shape index (κ2) is 18.8. The molecule has 0 bridgehead atoms. The number of nitrogens with zero attached hydrogens (tertiary/aromatic N) is 2. The number of benzene rings is 1. The molecule has 0 saturated heterocycles. The molecule has 1 aromatic carbocycles. The largest absolute Gasteiger partial charge is 0.480 e. The van der Waals surface area contributed by atoms with Crippen molar-refractivity contribution in [2.75, 3.05) is 12.3 Å². The molecule has 258 valence electrons. The van der Waals surface area contributed by atoms with Crippen LogP contribution in [0, 0.1) is 0 Å². The number of nitrogens with one attached hydrogen (secondary N) is 5. The number of rotatable bonds is 19. The molecule has 2 rings (SSSR count). The Morgan fingerprint density at radius 1 is 0.936 bits per heavy atom. The van der Waals surface area contributed by atoms with Crippen LogP contribution in [0.25, 0.3) is 0 Å². The van der Waals surface area contributed by atoms with Crippen molar-refractivity contribution >= 4 is 60.8 Å². The SMILES string of the molecule is CC(C)(S)[C@H](NC(=O)[C@H](Cc1cnc[nH]1)NC(=O)[C@H](Cc1ccccc1)NC(=O)[C@H](CCCN=C(N)N)NC(=O)[C@H](N)CS)C(=O)O. The van der Waals surface area contributed by atoms with Gasteiger partial charge in [0.25, 0.3) is 0 Å². The van der Waals surface area contributed by atoms with Gasteiger partial charge < -0.3 is 48.6 Å². The lowest BCUT2D eigenvalue weighted by atomic mass is 10.0. The molecule has 0 radical (unpaired) electrons. The third-order valence-electron chi connectivity index (χ3n) is 6.88. The summed E-state index contributed by atoms with van der Waals surface area (Å²) in [5, 5.41) is 20.1. The molecule has 0 saturated carbocycles. The summed E-state index contributed by atoms with van der Waals surface area (Å²) in [5.41, 5.74) is 17.8. The summed E-state index contributed by atoms with van der Waals surface area (Å²) in [6.45, 7) is 3.23. The first kappa shape index (κ1) is 38.9. The maximum atomic E-state index is 13.9. The van der Waals surface area contributed by atoms with Crippen LogP contribution in [0.2, 0.25) is 0 Å². The van der Waals surface area contributed by atoms with Crippen LogP contribution in [0.4, 0.5) is 0 Å². The zero-order valence-electron chi connectivity index (χ0n) is 26.2. The molecule has 0 aliphatic heterocycles. The van der Waals surface area contributed by atoms with Crippen LogP contribution in [-0.2, 0) is 36.8 Å². The van der Waals surface area contributed by atoms with Crippen molar-refractivity contribution in [1.29, 1.82) is 0 Å². The van der Waals surface area contributed by atoms with Gasteiger partial charge in [-0.3, -0.25) is 24.2 Å². The highest BCUT2D eigenvalue weighted by atomic mass is 32.1. The van der Waals surface area contributed by atoms with Crippen molar-refractivity contribution in [2.45, 2.75) is 74.5 Å². The fourth-order valence-electron chi connectivity index (χ4n) is 4.35. The molecule has 16 nitrogen and oxygen atoms in total. The highest BCUT2D eigenvalue weighted by molar-refractivity contribution is 7.81. The molecule has 12 N–H and O–H groups in total. The Labute approximate surface area is 283 Å². The zero-order valence-corrected chi connectivity index (χ0v) is 28.0. The number of carboxylic acid groups (broad SMARTS) is 1. The number of aliphatic imine (C=N–C) groups is 1. The van der Waals surface area contributed by atoms with Gasteiger partial charge in [-0.05, 0) is 32.3 Å². The third kappa shape index (κ3) is 13.5. The van der Waals surface area contributed by atoms with Gasteiger partial charge in [-0.1, -0.05) is 30.3 Å². The van der Waals surface area contributed by atoms with Crippen molar-refractivity contribution < 1.29 is 29.1 Å². The summed E-state index contributed by atoms with van der Waals surface area (Å²) < 4.78 is -1.15. The van der Waals surface area contributed by atoms with Gasteiger partial charge in [-0.2, -0.15) is 25.3 Å². The van der Waals surface area contributed by atoms with Crippen LogP contribution < -0.4 is 38.5 Å². The molecule has 0 aliphatic carbocycles. The summed E-state index contributed by atoms with van der Waals surface area (Å²) in [4.78, 5) is 76.1. The molecule has 5 atom stereocenters. The Bertz CT molecular complexity index is 1370. The van der Waals surface area contributed by atoms with E-state index in [1.165, 1.54) is 26.4 Å². The van der Waals surface area contributed by atoms with Crippen LogP contribution >= 0.6 is 25.3 Å². The number of carbonyl (C=O) groups excluding carboxylic acids is 4. The number of nitrogens with two attached hydrogens (primary N) is 3. The van der Waals surface area contributed by atoms with Gasteiger partial charge in [0.15, 0.2) is 5.96 Å². The Hall–Kier alpha value is -4.29. The van der Waals surface area contributed by atoms with Crippen molar-refractivity contribution in [3.05, 3.63) is 54.1 Å². The van der Waals surface area contributed by atoms with Crippen molar-refractivity contribution in [2.24, 2.45) is 22.2 Å². The first-order chi connectivity index (χ1) is 22.1. The number of aromatic amines is 1. The van der Waals surface area contributed by atoms with E-state index in [9.17, 15) is 29.1 Å². The number of amides is 4. The molecule has 0 spiro atoms. The van der Waals surface area contributed by atoms with E-state index in [2.05, 4.69) is 61.5 Å². The summed E-state index contributed by atoms with van der Waals surface area (Å²) >= 11 is 8.35. The number of imidazole rings is 1. The second-order valence-corrected chi connectivity index (χ2v) is 12.8. The smallest absolute Gasteiger partial charge is 0.327 e. The lowest BCUT2D eigenvalue weighted by Crippen LogP contribution is -2.60. The molecular formula is C29H44N10O6S2. The van der Waals surface area contributed by atoms with Gasteiger partial charge in [0.05, 0.1) is 12.4 Å². The zero-order chi connectivity index (χ0) is 35.1. The number of hydrogen-bond acceptors (Lipinski definition) is 10. The van der Waals surface area contributed by atoms with Crippen LogP contribution in [0.3, 0.4) is 0 Å². The number of carboxylic acids is 1. The standard InChI is InChI=1S/C29H44N10O6S2/c1-29(2,47)22(27(44)45)39-26(43)21(12-17-13-33-15-35-17)38-25(42)20(11-16-7-4-3-5-8-16)37-24(41)19(9-6-10-34-28(31)32)36-23(40)18(30)14-46/h3-5,7-8,13,15,18-22,46-47H,6,9-12,14,30H2,1-2H3,(H,33,35)(H,36,40)(H,37,41)(H,38,42)(H,39,43)(H,44,45)(H4,31,32,34)/t18-,19+,20+,21+,22-/m1/s1. The minimum Gasteiger partial charge on any atom is -0.480 e. The lowest BCUT2D eigenvalue weighted by Gasteiger charge is -2.29. The minimum absolute atomic E-state index is 0.0169. The summed E-state index contributed by atoms with van der Waals surface area (Å²) in [6, 6.07) is 2.81. The van der Waals surface area contributed by atoms with Gasteiger partial charge >= 0.3 is 5.97 Å². The number of H-pyrrole nitrogens is 1. The van der Waals surface area contributed by atoms with Crippen LogP contribution in [0.15, 0.2) is 47.8 Å². The summed E-state index contributed by atoms with van der Waals surface area (Å²) in [5.74, 6) is -4.27. The maximum Gasteiger partial charge on any atom is 0.327 e. The Morgan fingerprint density at radius 3 is 2.04 bits per heavy atom. The van der Waals surface area contributed by atoms with Crippen LogP contribution in [-0.4, -0.2) is 97.9 Å². The number of aliphatic carboxylic acids is 1. The third-order valence-corrected chi connectivity index (χ3v) is 7.53. The van der Waals surface area contributed by atoms with E-state index in [0.29, 0.717) is 17.7 Å². The molecule has 47 heavy (non-hydrogen) atoms. The molecule has 18 heteroatoms. The number of thiol groups is 2. The van der Waals surface area contributed by atoms with Gasteiger partial charge in [0, 0.05) is 41.8 Å². The second-order valence-electron chi connectivity index (χ2n) is 11.3. The minimum atomic E-state index is -1.40. The summed E-state index contributed by atoms with van der Waals surface area (Å²) in [7, 11) is 0. The topological polar surface area (TPSA) is 273 Å². The maximum absolute atomic E-state index is 13.9. The number of hydrogen-bond donors (Lipinski definition) is 11. The molecule has 2 aromatic rings. The molecule has 0 unspecified atom stereocenters. The Balaban J connectivity index is 2.38. The monoisotopic (exact) mass is 692 g/mol. The van der Waals surface area contributed by atoms with Gasteiger partial charge in [0.2, 0.25) is 23.6 Å². The van der Waals surface area contributed by atoms with E-state index in [4.69, 9.17) is 17.2 Å². The van der Waals surface area contributed by atoms with E-state index < -0.39 is 64.6 Å². The lowest BCUT2D eigenvalue weighted by molar-refractivity contribution is -0.143. The molecule has 0 aliphatic rings. The van der Waals surface area contributed by atoms with E-state index in [0.717, 1.165) is 0 Å². The summed E-state index contributed by atoms with van der Waals surface area (Å²) in [6.07, 6.45) is 3.20. The molecule has 1 aromatic heterocycles. The van der Waals surface area contributed by atoms with E-state index in [1.54, 1.807) is 30.3 Å². The first-order valence-corrected chi connectivity index (χ1v) is 15.8. The van der Waals surface area contributed by atoms with E-state index >= 15 is 0 Å². The van der Waals surface area contributed by atoms with Crippen molar-refractivity contribution in [1.82, 2.24) is 31.2 Å². The van der Waals surface area contributed by atoms with Crippen LogP contribution in [0.5, 0.6) is 0 Å². The first-order valence-electron chi connectivity index (χ1n) is 14.7. The number of carbonyl (C=O) groups is 5. The predicted molar refractivity (Wildman–Crippen MR) is 183 cm³/mol. The normalized spacial score (nSPS) is 14.4. The van der Waals surface area contributed by atoms with E-state index in [-0.39, 0.29) is 37.5 Å². The Morgan fingerprint density at radius 2 is 1.51 bits per heavy atom. The van der Waals surface area contributed by atoms with Gasteiger partial charge in [-0.25, -0.2) is 9.78 Å². The number of guanidine groups is 1. The van der Waals surface area contributed by atoms with Crippen molar-refractivity contribution in [3.63, 3.8) is 0 Å². The molecule has 0 fully saturated rings. The fraction of sp³-hybridized carbons (Fsp3) is 0.483. The highest BCUT2D eigenvalue weighted by Crippen LogP contribution is 2.18. The van der Waals surface area contributed by atoms with Gasteiger partial charge in [0.1, 0.15) is 24.2 Å². The van der Waals surface area contributed by atoms with Crippen LogP contribution in [0.1, 0.15) is 37.9 Å².